The van der Waals surface area contributed by atoms with E-state index in [1.54, 1.807) is 0 Å². The van der Waals surface area contributed by atoms with Crippen LogP contribution in [0, 0.1) is 0 Å². The van der Waals surface area contributed by atoms with Gasteiger partial charge in [-0.15, -0.1) is 6.58 Å². The molecule has 0 aromatic rings. The molecule has 1 heterocycles. The fourth-order valence-corrected chi connectivity index (χ4v) is 1.17. The number of hydrogen-bond acceptors (Lipinski definition) is 5. The van der Waals surface area contributed by atoms with Crippen molar-refractivity contribution in [2.45, 2.75) is 24.6 Å². The van der Waals surface area contributed by atoms with Crippen LogP contribution in [0.1, 0.15) is 0 Å². The Morgan fingerprint density at radius 2 is 2.08 bits per heavy atom. The van der Waals surface area contributed by atoms with E-state index in [-0.39, 0.29) is 13.2 Å². The van der Waals surface area contributed by atoms with E-state index in [4.69, 9.17) is 14.6 Å². The monoisotopic (exact) mass is 190 g/mol. The molecule has 13 heavy (non-hydrogen) atoms. The molecular formula is C8H14O5. The summed E-state index contributed by atoms with van der Waals surface area (Å²) in [6.07, 6.45) is -2.36. The van der Waals surface area contributed by atoms with Gasteiger partial charge in [0.15, 0.2) is 6.29 Å². The SMILES string of the molecule is C=CCO[C@@H]1O[C@@H](CO)[C@H](O)[C@H]1O. The Hall–Kier alpha value is -0.460. The van der Waals surface area contributed by atoms with Crippen LogP contribution in [0.5, 0.6) is 0 Å². The molecule has 76 valence electrons. The molecule has 0 aliphatic carbocycles. The van der Waals surface area contributed by atoms with Gasteiger partial charge >= 0.3 is 0 Å². The summed E-state index contributed by atoms with van der Waals surface area (Å²) in [6.45, 7) is 3.32. The molecule has 1 fully saturated rings. The van der Waals surface area contributed by atoms with Crippen LogP contribution in [-0.2, 0) is 9.47 Å². The Morgan fingerprint density at radius 3 is 2.54 bits per heavy atom. The highest BCUT2D eigenvalue weighted by atomic mass is 16.7. The second kappa shape index (κ2) is 4.69. The van der Waals surface area contributed by atoms with Crippen LogP contribution < -0.4 is 0 Å². The van der Waals surface area contributed by atoms with Gasteiger partial charge in [0, 0.05) is 0 Å². The van der Waals surface area contributed by atoms with E-state index >= 15 is 0 Å². The van der Waals surface area contributed by atoms with Crippen molar-refractivity contribution >= 4 is 0 Å². The molecule has 0 bridgehead atoms. The van der Waals surface area contributed by atoms with Gasteiger partial charge in [0.05, 0.1) is 13.2 Å². The van der Waals surface area contributed by atoms with Crippen molar-refractivity contribution in [1.29, 1.82) is 0 Å². The fraction of sp³-hybridized carbons (Fsp3) is 0.750. The van der Waals surface area contributed by atoms with Gasteiger partial charge in [-0.3, -0.25) is 0 Å². The van der Waals surface area contributed by atoms with E-state index in [9.17, 15) is 10.2 Å². The molecule has 0 aromatic heterocycles. The molecule has 0 radical (unpaired) electrons. The van der Waals surface area contributed by atoms with E-state index in [0.717, 1.165) is 0 Å². The second-order valence-corrected chi connectivity index (χ2v) is 2.83. The molecule has 0 spiro atoms. The van der Waals surface area contributed by atoms with Crippen molar-refractivity contribution in [3.63, 3.8) is 0 Å². The van der Waals surface area contributed by atoms with Gasteiger partial charge in [-0.05, 0) is 0 Å². The first-order valence-corrected chi connectivity index (χ1v) is 4.05. The molecule has 1 rings (SSSR count). The third-order valence-corrected chi connectivity index (χ3v) is 1.88. The minimum absolute atomic E-state index is 0.229. The lowest BCUT2D eigenvalue weighted by Gasteiger charge is -2.13. The Morgan fingerprint density at radius 1 is 1.38 bits per heavy atom. The number of aliphatic hydroxyl groups excluding tert-OH is 3. The first-order valence-electron chi connectivity index (χ1n) is 4.05. The molecule has 1 saturated heterocycles. The molecule has 3 N–H and O–H groups in total. The zero-order valence-corrected chi connectivity index (χ0v) is 7.17. The van der Waals surface area contributed by atoms with Crippen molar-refractivity contribution < 1.29 is 24.8 Å². The lowest BCUT2D eigenvalue weighted by Crippen LogP contribution is -2.34. The number of hydrogen-bond donors (Lipinski definition) is 3. The van der Waals surface area contributed by atoms with Gasteiger partial charge in [-0.1, -0.05) is 6.08 Å². The van der Waals surface area contributed by atoms with E-state index in [1.807, 2.05) is 0 Å². The highest BCUT2D eigenvalue weighted by Gasteiger charge is 2.42. The maximum atomic E-state index is 9.34. The molecule has 1 aliphatic heterocycles. The lowest BCUT2D eigenvalue weighted by atomic mass is 10.1. The van der Waals surface area contributed by atoms with Crippen molar-refractivity contribution in [2.24, 2.45) is 0 Å². The van der Waals surface area contributed by atoms with E-state index in [2.05, 4.69) is 6.58 Å². The van der Waals surface area contributed by atoms with Crippen LogP contribution in [0.25, 0.3) is 0 Å². The van der Waals surface area contributed by atoms with Gasteiger partial charge in [-0.25, -0.2) is 0 Å². The summed E-state index contributed by atoms with van der Waals surface area (Å²) in [5.41, 5.74) is 0. The molecule has 1 aliphatic rings. The van der Waals surface area contributed by atoms with Gasteiger partial charge in [0.25, 0.3) is 0 Å². The van der Waals surface area contributed by atoms with Crippen molar-refractivity contribution in [2.75, 3.05) is 13.2 Å². The summed E-state index contributed by atoms with van der Waals surface area (Å²) in [5.74, 6) is 0. The topological polar surface area (TPSA) is 79.2 Å². The summed E-state index contributed by atoms with van der Waals surface area (Å²) in [4.78, 5) is 0. The summed E-state index contributed by atoms with van der Waals surface area (Å²) in [5, 5.41) is 27.4. The van der Waals surface area contributed by atoms with Crippen LogP contribution in [0.4, 0.5) is 0 Å². The van der Waals surface area contributed by atoms with E-state index in [1.165, 1.54) is 6.08 Å². The Kier molecular flexibility index (Phi) is 3.83. The summed E-state index contributed by atoms with van der Waals surface area (Å²) < 4.78 is 10.0. The average molecular weight is 190 g/mol. The lowest BCUT2D eigenvalue weighted by molar-refractivity contribution is -0.162. The normalized spacial score (nSPS) is 39.3. The molecular weight excluding hydrogens is 176 g/mol. The third-order valence-electron chi connectivity index (χ3n) is 1.88. The first kappa shape index (κ1) is 10.6. The van der Waals surface area contributed by atoms with Crippen LogP contribution in [-0.4, -0.2) is 53.1 Å². The molecule has 0 saturated carbocycles. The Bertz CT molecular complexity index is 172. The predicted molar refractivity (Wildman–Crippen MR) is 43.9 cm³/mol. The minimum atomic E-state index is -1.11. The molecule has 0 unspecified atom stereocenters. The maximum Gasteiger partial charge on any atom is 0.187 e. The van der Waals surface area contributed by atoms with Crippen LogP contribution in [0.3, 0.4) is 0 Å². The van der Waals surface area contributed by atoms with Gasteiger partial charge in [0.2, 0.25) is 0 Å². The van der Waals surface area contributed by atoms with Crippen molar-refractivity contribution in [1.82, 2.24) is 0 Å². The molecule has 5 nitrogen and oxygen atoms in total. The Labute approximate surface area is 76.2 Å². The van der Waals surface area contributed by atoms with E-state index < -0.39 is 24.6 Å². The largest absolute Gasteiger partial charge is 0.394 e. The summed E-state index contributed by atoms with van der Waals surface area (Å²) in [7, 11) is 0. The Balaban J connectivity index is 2.45. The fourth-order valence-electron chi connectivity index (χ4n) is 1.17. The maximum absolute atomic E-state index is 9.34. The molecule has 4 atom stereocenters. The highest BCUT2D eigenvalue weighted by Crippen LogP contribution is 2.21. The van der Waals surface area contributed by atoms with Gasteiger partial charge in [0.1, 0.15) is 18.3 Å². The summed E-state index contributed by atoms with van der Waals surface area (Å²) in [6, 6.07) is 0. The zero-order valence-electron chi connectivity index (χ0n) is 7.17. The van der Waals surface area contributed by atoms with Crippen LogP contribution >= 0.6 is 0 Å². The first-order chi connectivity index (χ1) is 6.20. The molecule has 0 amide bonds. The number of aliphatic hydroxyl groups is 3. The predicted octanol–water partition coefficient (Wildman–Crippen LogP) is -1.37. The third kappa shape index (κ3) is 2.26. The van der Waals surface area contributed by atoms with Gasteiger partial charge < -0.3 is 24.8 Å². The zero-order chi connectivity index (χ0) is 9.84. The molecule has 5 heteroatoms. The van der Waals surface area contributed by atoms with Crippen LogP contribution in [0.15, 0.2) is 12.7 Å². The second-order valence-electron chi connectivity index (χ2n) is 2.83. The quantitative estimate of drug-likeness (QED) is 0.476. The van der Waals surface area contributed by atoms with Crippen molar-refractivity contribution in [3.8, 4) is 0 Å². The average Bonchev–Trinajstić information content (AvgIpc) is 2.41. The number of ether oxygens (including phenoxy) is 2. The standard InChI is InChI=1S/C8H14O5/c1-2-3-12-8-7(11)6(10)5(4-9)13-8/h2,5-11H,1,3-4H2/t5-,6-,7+,8+/m0/s1. The minimum Gasteiger partial charge on any atom is -0.394 e. The smallest absolute Gasteiger partial charge is 0.187 e. The number of rotatable bonds is 4. The highest BCUT2D eigenvalue weighted by molar-refractivity contribution is 4.86. The van der Waals surface area contributed by atoms with E-state index in [0.29, 0.717) is 0 Å². The van der Waals surface area contributed by atoms with Crippen molar-refractivity contribution in [3.05, 3.63) is 12.7 Å². The molecule has 0 aromatic carbocycles. The van der Waals surface area contributed by atoms with Crippen LogP contribution in [0.2, 0.25) is 0 Å². The summed E-state index contributed by atoms with van der Waals surface area (Å²) >= 11 is 0. The van der Waals surface area contributed by atoms with Gasteiger partial charge in [-0.2, -0.15) is 0 Å².